The first-order valence-electron chi connectivity index (χ1n) is 5.08. The predicted octanol–water partition coefficient (Wildman–Crippen LogP) is 2.12. The van der Waals surface area contributed by atoms with Gasteiger partial charge in [0.2, 0.25) is 0 Å². The Kier molecular flexibility index (Phi) is 5.32. The minimum Gasteiger partial charge on any atom is -0.466 e. The molecular formula is C12H11ClFNO4. The van der Waals surface area contributed by atoms with Crippen LogP contribution in [0.25, 0.3) is 0 Å². The Labute approximate surface area is 114 Å². The molecule has 0 radical (unpaired) electrons. The summed E-state index contributed by atoms with van der Waals surface area (Å²) in [5.74, 6) is -2.05. The zero-order valence-electron chi connectivity index (χ0n) is 10.2. The van der Waals surface area contributed by atoms with Crippen molar-refractivity contribution in [2.45, 2.75) is 0 Å². The van der Waals surface area contributed by atoms with Crippen molar-refractivity contribution in [2.24, 2.45) is 0 Å². The van der Waals surface area contributed by atoms with Crippen LogP contribution in [0.15, 0.2) is 30.0 Å². The van der Waals surface area contributed by atoms with Crippen LogP contribution in [0.2, 0.25) is 5.02 Å². The lowest BCUT2D eigenvalue weighted by Gasteiger charge is -2.10. The first kappa shape index (κ1) is 15.0. The van der Waals surface area contributed by atoms with E-state index < -0.39 is 17.8 Å². The number of anilines is 1. The summed E-state index contributed by atoms with van der Waals surface area (Å²) in [5.41, 5.74) is 0.0754. The predicted molar refractivity (Wildman–Crippen MR) is 67.1 cm³/mol. The molecule has 1 aromatic rings. The summed E-state index contributed by atoms with van der Waals surface area (Å²) in [6.45, 7) is 0. The Morgan fingerprint density at radius 1 is 1.32 bits per heavy atom. The van der Waals surface area contributed by atoms with Crippen molar-refractivity contribution < 1.29 is 23.5 Å². The minimum atomic E-state index is -0.786. The molecule has 0 spiro atoms. The highest BCUT2D eigenvalue weighted by Crippen LogP contribution is 2.24. The van der Waals surface area contributed by atoms with E-state index in [4.69, 9.17) is 11.6 Å². The maximum Gasteiger partial charge on any atom is 0.354 e. The zero-order chi connectivity index (χ0) is 14.4. The molecule has 0 aliphatic carbocycles. The fraction of sp³-hybridized carbons (Fsp3) is 0.167. The van der Waals surface area contributed by atoms with Crippen LogP contribution in [0.3, 0.4) is 0 Å². The number of methoxy groups -OCH3 is 2. The maximum atomic E-state index is 12.9. The molecule has 1 N–H and O–H groups in total. The summed E-state index contributed by atoms with van der Waals surface area (Å²) < 4.78 is 21.8. The molecule has 0 aliphatic heterocycles. The van der Waals surface area contributed by atoms with Gasteiger partial charge >= 0.3 is 11.9 Å². The standard InChI is InChI=1S/C12H11ClFNO4/c1-18-11(16)6-10(12(17)19-2)15-9-4-3-7(14)5-8(9)13/h3-6,15H,1-2H3/b10-6+. The average Bonchev–Trinajstić information content (AvgIpc) is 2.39. The van der Waals surface area contributed by atoms with Crippen molar-refractivity contribution in [3.05, 3.63) is 40.8 Å². The van der Waals surface area contributed by atoms with Crippen LogP contribution in [0, 0.1) is 5.82 Å². The molecule has 0 amide bonds. The van der Waals surface area contributed by atoms with Crippen molar-refractivity contribution in [3.63, 3.8) is 0 Å². The summed E-state index contributed by atoms with van der Waals surface area (Å²) in [6.07, 6.45) is 0.908. The molecular weight excluding hydrogens is 277 g/mol. The van der Waals surface area contributed by atoms with Crippen molar-refractivity contribution in [1.82, 2.24) is 0 Å². The van der Waals surface area contributed by atoms with Gasteiger partial charge in [0.15, 0.2) is 0 Å². The fourth-order valence-corrected chi connectivity index (χ4v) is 1.38. The maximum absolute atomic E-state index is 12.9. The van der Waals surface area contributed by atoms with Gasteiger partial charge in [-0.05, 0) is 18.2 Å². The van der Waals surface area contributed by atoms with E-state index >= 15 is 0 Å². The van der Waals surface area contributed by atoms with Gasteiger partial charge in [-0.15, -0.1) is 0 Å². The summed E-state index contributed by atoms with van der Waals surface area (Å²) >= 11 is 5.79. The second-order valence-electron chi connectivity index (χ2n) is 3.32. The Hall–Kier alpha value is -2.08. The van der Waals surface area contributed by atoms with Gasteiger partial charge in [0.25, 0.3) is 0 Å². The molecule has 0 fully saturated rings. The highest BCUT2D eigenvalue weighted by atomic mass is 35.5. The van der Waals surface area contributed by atoms with E-state index in [9.17, 15) is 14.0 Å². The summed E-state index contributed by atoms with van der Waals surface area (Å²) in [4.78, 5) is 22.6. The van der Waals surface area contributed by atoms with Crippen LogP contribution >= 0.6 is 11.6 Å². The molecule has 0 bridgehead atoms. The molecule has 0 aromatic heterocycles. The molecule has 0 saturated heterocycles. The Balaban J connectivity index is 3.04. The van der Waals surface area contributed by atoms with E-state index in [1.54, 1.807) is 0 Å². The quantitative estimate of drug-likeness (QED) is 0.679. The second-order valence-corrected chi connectivity index (χ2v) is 3.73. The molecule has 0 aliphatic rings. The lowest BCUT2D eigenvalue weighted by molar-refractivity contribution is -0.138. The van der Waals surface area contributed by atoms with Crippen molar-refractivity contribution in [1.29, 1.82) is 0 Å². The molecule has 1 aromatic carbocycles. The number of carbonyl (C=O) groups excluding carboxylic acids is 2. The summed E-state index contributed by atoms with van der Waals surface area (Å²) in [6, 6.07) is 3.55. The SMILES string of the molecule is COC(=O)/C=C(/Nc1ccc(F)cc1Cl)C(=O)OC. The van der Waals surface area contributed by atoms with Gasteiger partial charge in [0.05, 0.1) is 31.0 Å². The van der Waals surface area contributed by atoms with Gasteiger partial charge in [-0.1, -0.05) is 11.6 Å². The molecule has 0 atom stereocenters. The second kappa shape index (κ2) is 6.75. The van der Waals surface area contributed by atoms with Crippen molar-refractivity contribution >= 4 is 29.2 Å². The van der Waals surface area contributed by atoms with Crippen LogP contribution in [0.1, 0.15) is 0 Å². The van der Waals surface area contributed by atoms with Gasteiger partial charge < -0.3 is 14.8 Å². The van der Waals surface area contributed by atoms with Crippen LogP contribution in [-0.4, -0.2) is 26.2 Å². The topological polar surface area (TPSA) is 64.6 Å². The third-order valence-corrected chi connectivity index (χ3v) is 2.38. The largest absolute Gasteiger partial charge is 0.466 e. The van der Waals surface area contributed by atoms with Crippen LogP contribution < -0.4 is 5.32 Å². The highest BCUT2D eigenvalue weighted by Gasteiger charge is 2.14. The van der Waals surface area contributed by atoms with Crippen LogP contribution in [0.5, 0.6) is 0 Å². The Morgan fingerprint density at radius 2 is 2.00 bits per heavy atom. The first-order valence-corrected chi connectivity index (χ1v) is 5.45. The summed E-state index contributed by atoms with van der Waals surface area (Å²) in [5, 5.41) is 2.63. The number of rotatable bonds is 4. The Bertz CT molecular complexity index is 530. The number of benzene rings is 1. The van der Waals surface area contributed by atoms with E-state index in [1.807, 2.05) is 0 Å². The highest BCUT2D eigenvalue weighted by molar-refractivity contribution is 6.33. The fourth-order valence-electron chi connectivity index (χ4n) is 1.17. The number of hydrogen-bond acceptors (Lipinski definition) is 5. The van der Waals surface area contributed by atoms with E-state index in [0.717, 1.165) is 25.3 Å². The monoisotopic (exact) mass is 287 g/mol. The smallest absolute Gasteiger partial charge is 0.354 e. The molecule has 0 saturated carbocycles. The lowest BCUT2D eigenvalue weighted by atomic mass is 10.3. The van der Waals surface area contributed by atoms with Gasteiger partial charge in [-0.3, -0.25) is 0 Å². The molecule has 0 heterocycles. The third kappa shape index (κ3) is 4.26. The molecule has 19 heavy (non-hydrogen) atoms. The van der Waals surface area contributed by atoms with Gasteiger partial charge in [0.1, 0.15) is 11.5 Å². The van der Waals surface area contributed by atoms with Gasteiger partial charge in [-0.25, -0.2) is 14.0 Å². The van der Waals surface area contributed by atoms with Crippen molar-refractivity contribution in [2.75, 3.05) is 19.5 Å². The van der Waals surface area contributed by atoms with Gasteiger partial charge in [0, 0.05) is 0 Å². The first-order chi connectivity index (χ1) is 8.97. The zero-order valence-corrected chi connectivity index (χ0v) is 11.0. The Morgan fingerprint density at radius 3 is 2.53 bits per heavy atom. The molecule has 1 rings (SSSR count). The minimum absolute atomic E-state index is 0.0552. The van der Waals surface area contributed by atoms with E-state index in [-0.39, 0.29) is 16.4 Å². The number of ether oxygens (including phenoxy) is 2. The lowest BCUT2D eigenvalue weighted by Crippen LogP contribution is -2.15. The third-order valence-electron chi connectivity index (χ3n) is 2.07. The van der Waals surface area contributed by atoms with Gasteiger partial charge in [-0.2, -0.15) is 0 Å². The normalized spacial score (nSPS) is 10.8. The van der Waals surface area contributed by atoms with Crippen molar-refractivity contribution in [3.8, 4) is 0 Å². The molecule has 0 unspecified atom stereocenters. The van der Waals surface area contributed by atoms with Crippen LogP contribution in [-0.2, 0) is 19.1 Å². The summed E-state index contributed by atoms with van der Waals surface area (Å²) in [7, 11) is 2.32. The van der Waals surface area contributed by atoms with E-state index in [2.05, 4.69) is 14.8 Å². The number of carbonyl (C=O) groups is 2. The number of hydrogen-bond donors (Lipinski definition) is 1. The van der Waals surface area contributed by atoms with Crippen LogP contribution in [0.4, 0.5) is 10.1 Å². The molecule has 7 heteroatoms. The van der Waals surface area contributed by atoms with E-state index in [1.165, 1.54) is 13.2 Å². The molecule has 5 nitrogen and oxygen atoms in total. The average molecular weight is 288 g/mol. The number of halogens is 2. The number of nitrogens with one attached hydrogen (secondary N) is 1. The number of esters is 2. The molecule has 102 valence electrons. The van der Waals surface area contributed by atoms with E-state index in [0.29, 0.717) is 0 Å².